The van der Waals surface area contributed by atoms with Gasteiger partial charge in [0, 0.05) is 13.1 Å². The van der Waals surface area contributed by atoms with E-state index < -0.39 is 0 Å². The lowest BCUT2D eigenvalue weighted by Crippen LogP contribution is -2.37. The molecule has 156 valence electrons. The van der Waals surface area contributed by atoms with Crippen LogP contribution >= 0.6 is 11.8 Å². The summed E-state index contributed by atoms with van der Waals surface area (Å²) in [4.78, 5) is 38.4. The molecule has 0 saturated carbocycles. The number of hydrogen-bond donors (Lipinski definition) is 1. The fourth-order valence-corrected chi connectivity index (χ4v) is 3.75. The van der Waals surface area contributed by atoms with Crippen LogP contribution in [0.5, 0.6) is 11.5 Å². The number of hydrogen-bond acceptors (Lipinski definition) is 6. The molecule has 1 heterocycles. The summed E-state index contributed by atoms with van der Waals surface area (Å²) in [5, 5.41) is 2.40. The maximum atomic E-state index is 12.5. The van der Waals surface area contributed by atoms with Crippen LogP contribution in [0.4, 0.5) is 4.79 Å². The highest BCUT2D eigenvalue weighted by Crippen LogP contribution is 2.32. The van der Waals surface area contributed by atoms with Gasteiger partial charge in [0.1, 0.15) is 11.5 Å². The standard InChI is InChI=1S/C22H22N2O5S/c1-28-17-8-6-15(7-9-17)13-19-21(26)24(22(27)30-19)11-10-23-20(25)14-16-4-3-5-18(12-16)29-2/h3-9,12-13H,10-11,14H2,1-2H3,(H,23,25). The highest BCUT2D eigenvalue weighted by atomic mass is 32.2. The monoisotopic (exact) mass is 426 g/mol. The Hall–Kier alpha value is -3.26. The van der Waals surface area contributed by atoms with E-state index in [1.165, 1.54) is 0 Å². The molecule has 2 aromatic carbocycles. The number of thioether (sulfide) groups is 1. The second-order valence-electron chi connectivity index (χ2n) is 6.48. The molecule has 1 aliphatic rings. The van der Waals surface area contributed by atoms with Gasteiger partial charge in [0.05, 0.1) is 25.5 Å². The Morgan fingerprint density at radius 1 is 1.07 bits per heavy atom. The second kappa shape index (κ2) is 9.98. The lowest BCUT2D eigenvalue weighted by atomic mass is 10.1. The molecule has 1 fully saturated rings. The third-order valence-corrected chi connectivity index (χ3v) is 5.35. The molecule has 0 spiro atoms. The Labute approximate surface area is 179 Å². The summed E-state index contributed by atoms with van der Waals surface area (Å²) >= 11 is 0.893. The zero-order chi connectivity index (χ0) is 21.5. The summed E-state index contributed by atoms with van der Waals surface area (Å²) in [6, 6.07) is 14.4. The van der Waals surface area contributed by atoms with E-state index in [4.69, 9.17) is 9.47 Å². The molecule has 7 nitrogen and oxygen atoms in total. The molecule has 3 rings (SSSR count). The summed E-state index contributed by atoms with van der Waals surface area (Å²) in [6.07, 6.45) is 1.86. The van der Waals surface area contributed by atoms with Gasteiger partial charge in [-0.15, -0.1) is 0 Å². The smallest absolute Gasteiger partial charge is 0.293 e. The van der Waals surface area contributed by atoms with Crippen LogP contribution in [-0.2, 0) is 16.0 Å². The Bertz CT molecular complexity index is 972. The molecular weight excluding hydrogens is 404 g/mol. The van der Waals surface area contributed by atoms with Gasteiger partial charge in [-0.3, -0.25) is 19.3 Å². The van der Waals surface area contributed by atoms with Crippen LogP contribution in [0.15, 0.2) is 53.4 Å². The van der Waals surface area contributed by atoms with E-state index >= 15 is 0 Å². The molecule has 3 amide bonds. The van der Waals surface area contributed by atoms with Crippen molar-refractivity contribution in [3.8, 4) is 11.5 Å². The van der Waals surface area contributed by atoms with Crippen LogP contribution < -0.4 is 14.8 Å². The number of nitrogens with zero attached hydrogens (tertiary/aromatic N) is 1. The number of carbonyl (C=O) groups is 3. The summed E-state index contributed by atoms with van der Waals surface area (Å²) in [6.45, 7) is 0.311. The van der Waals surface area contributed by atoms with Gasteiger partial charge in [-0.05, 0) is 53.2 Å². The van der Waals surface area contributed by atoms with Crippen LogP contribution in [0.2, 0.25) is 0 Å². The summed E-state index contributed by atoms with van der Waals surface area (Å²) in [5.74, 6) is 0.846. The molecule has 0 bridgehead atoms. The average molecular weight is 426 g/mol. The molecule has 30 heavy (non-hydrogen) atoms. The third-order valence-electron chi connectivity index (χ3n) is 4.44. The van der Waals surface area contributed by atoms with Crippen molar-refractivity contribution in [3.63, 3.8) is 0 Å². The highest BCUT2D eigenvalue weighted by molar-refractivity contribution is 8.18. The normalized spacial score (nSPS) is 14.9. The maximum Gasteiger partial charge on any atom is 0.293 e. The van der Waals surface area contributed by atoms with E-state index in [9.17, 15) is 14.4 Å². The minimum absolute atomic E-state index is 0.120. The van der Waals surface area contributed by atoms with E-state index in [2.05, 4.69) is 5.32 Å². The number of rotatable bonds is 8. The van der Waals surface area contributed by atoms with Crippen LogP contribution in [0.3, 0.4) is 0 Å². The summed E-state index contributed by atoms with van der Waals surface area (Å²) < 4.78 is 10.3. The predicted octanol–water partition coefficient (Wildman–Crippen LogP) is 3.10. The molecule has 0 unspecified atom stereocenters. The van der Waals surface area contributed by atoms with E-state index in [0.29, 0.717) is 16.4 Å². The molecule has 0 radical (unpaired) electrons. The first-order valence-corrected chi connectivity index (χ1v) is 10.1. The largest absolute Gasteiger partial charge is 0.497 e. The lowest BCUT2D eigenvalue weighted by Gasteiger charge is -2.13. The number of ether oxygens (including phenoxy) is 2. The van der Waals surface area contributed by atoms with E-state index in [1.54, 1.807) is 44.6 Å². The molecule has 1 aliphatic heterocycles. The number of benzene rings is 2. The van der Waals surface area contributed by atoms with Gasteiger partial charge >= 0.3 is 0 Å². The lowest BCUT2D eigenvalue weighted by molar-refractivity contribution is -0.124. The quantitative estimate of drug-likeness (QED) is 0.653. The predicted molar refractivity (Wildman–Crippen MR) is 115 cm³/mol. The Balaban J connectivity index is 1.52. The number of carbonyl (C=O) groups excluding carboxylic acids is 3. The zero-order valence-corrected chi connectivity index (χ0v) is 17.5. The number of methoxy groups -OCH3 is 2. The van der Waals surface area contributed by atoms with E-state index in [1.807, 2.05) is 24.3 Å². The fraction of sp³-hybridized carbons (Fsp3) is 0.227. The Morgan fingerprint density at radius 3 is 2.50 bits per heavy atom. The van der Waals surface area contributed by atoms with Crippen molar-refractivity contribution in [2.45, 2.75) is 6.42 Å². The van der Waals surface area contributed by atoms with Gasteiger partial charge in [0.2, 0.25) is 5.91 Å². The number of nitrogens with one attached hydrogen (secondary N) is 1. The van der Waals surface area contributed by atoms with Crippen molar-refractivity contribution in [2.75, 3.05) is 27.3 Å². The Morgan fingerprint density at radius 2 is 1.80 bits per heavy atom. The number of amides is 3. The SMILES string of the molecule is COc1ccc(C=C2SC(=O)N(CCNC(=O)Cc3cccc(OC)c3)C2=O)cc1. The fourth-order valence-electron chi connectivity index (χ4n) is 2.88. The third kappa shape index (κ3) is 5.42. The second-order valence-corrected chi connectivity index (χ2v) is 7.48. The highest BCUT2D eigenvalue weighted by Gasteiger charge is 2.34. The topological polar surface area (TPSA) is 84.9 Å². The summed E-state index contributed by atoms with van der Waals surface area (Å²) in [5.41, 5.74) is 1.62. The van der Waals surface area contributed by atoms with Crippen LogP contribution in [-0.4, -0.2) is 49.3 Å². The van der Waals surface area contributed by atoms with Crippen molar-refractivity contribution >= 4 is 34.9 Å². The molecule has 0 aliphatic carbocycles. The van der Waals surface area contributed by atoms with E-state index in [0.717, 1.165) is 27.8 Å². The van der Waals surface area contributed by atoms with Crippen LogP contribution in [0.25, 0.3) is 6.08 Å². The van der Waals surface area contributed by atoms with Gasteiger partial charge in [-0.1, -0.05) is 24.3 Å². The van der Waals surface area contributed by atoms with Crippen molar-refractivity contribution < 1.29 is 23.9 Å². The zero-order valence-electron chi connectivity index (χ0n) is 16.7. The minimum Gasteiger partial charge on any atom is -0.497 e. The molecule has 1 saturated heterocycles. The van der Waals surface area contributed by atoms with Crippen molar-refractivity contribution in [1.29, 1.82) is 0 Å². The van der Waals surface area contributed by atoms with Gasteiger partial charge in [-0.2, -0.15) is 0 Å². The molecule has 0 aromatic heterocycles. The average Bonchev–Trinajstić information content (AvgIpc) is 3.01. The molecule has 1 N–H and O–H groups in total. The first kappa shape index (κ1) is 21.4. The minimum atomic E-state index is -0.358. The van der Waals surface area contributed by atoms with Crippen molar-refractivity contribution in [3.05, 3.63) is 64.6 Å². The van der Waals surface area contributed by atoms with Crippen LogP contribution in [0.1, 0.15) is 11.1 Å². The van der Waals surface area contributed by atoms with Gasteiger partial charge in [-0.25, -0.2) is 0 Å². The molecular formula is C22H22N2O5S. The first-order valence-electron chi connectivity index (χ1n) is 9.29. The van der Waals surface area contributed by atoms with E-state index in [-0.39, 0.29) is 36.6 Å². The van der Waals surface area contributed by atoms with Crippen molar-refractivity contribution in [1.82, 2.24) is 10.2 Å². The van der Waals surface area contributed by atoms with Crippen LogP contribution in [0, 0.1) is 0 Å². The van der Waals surface area contributed by atoms with Gasteiger partial charge in [0.25, 0.3) is 11.1 Å². The Kier molecular flexibility index (Phi) is 7.13. The molecule has 2 aromatic rings. The van der Waals surface area contributed by atoms with Crippen molar-refractivity contribution in [2.24, 2.45) is 0 Å². The van der Waals surface area contributed by atoms with Gasteiger partial charge < -0.3 is 14.8 Å². The molecule has 8 heteroatoms. The maximum absolute atomic E-state index is 12.5. The van der Waals surface area contributed by atoms with Gasteiger partial charge in [0.15, 0.2) is 0 Å². The summed E-state index contributed by atoms with van der Waals surface area (Å²) in [7, 11) is 3.15. The first-order chi connectivity index (χ1) is 14.5. The molecule has 0 atom stereocenters. The number of imide groups is 1.